The Kier molecular flexibility index (Phi) is 1.97. The van der Waals surface area contributed by atoms with Crippen molar-refractivity contribution in [2.24, 2.45) is 5.73 Å². The summed E-state index contributed by atoms with van der Waals surface area (Å²) in [5, 5.41) is 0. The summed E-state index contributed by atoms with van der Waals surface area (Å²) in [5.41, 5.74) is 13.0. The van der Waals surface area contributed by atoms with Crippen molar-refractivity contribution in [3.8, 4) is 0 Å². The monoisotopic (exact) mass is 139 g/mol. The summed E-state index contributed by atoms with van der Waals surface area (Å²) in [6.45, 7) is 2.04. The van der Waals surface area contributed by atoms with E-state index in [9.17, 15) is 0 Å². The Labute approximate surface area is 60.4 Å². The van der Waals surface area contributed by atoms with Crippen LogP contribution in [0, 0.1) is 0 Å². The van der Waals surface area contributed by atoms with Crippen LogP contribution in [-0.2, 0) is 0 Å². The molecule has 0 amide bonds. The number of nitrogens with two attached hydrogens (primary N) is 2. The van der Waals surface area contributed by atoms with E-state index in [1.165, 1.54) is 0 Å². The molecule has 0 saturated heterocycles. The van der Waals surface area contributed by atoms with Crippen molar-refractivity contribution in [3.05, 3.63) is 18.0 Å². The molecule has 56 valence electrons. The first kappa shape index (κ1) is 7.15. The third-order valence-electron chi connectivity index (χ3n) is 1.57. The molecule has 1 rings (SSSR count). The van der Waals surface area contributed by atoms with Gasteiger partial charge in [0, 0.05) is 23.6 Å². The van der Waals surface area contributed by atoms with Crippen LogP contribution in [0.5, 0.6) is 0 Å². The van der Waals surface area contributed by atoms with Crippen molar-refractivity contribution in [3.63, 3.8) is 0 Å². The number of anilines is 1. The second kappa shape index (κ2) is 2.75. The van der Waals surface area contributed by atoms with Gasteiger partial charge in [-0.2, -0.15) is 0 Å². The van der Waals surface area contributed by atoms with E-state index < -0.39 is 0 Å². The van der Waals surface area contributed by atoms with Crippen molar-refractivity contribution in [1.29, 1.82) is 0 Å². The zero-order valence-corrected chi connectivity index (χ0v) is 6.09. The largest absolute Gasteiger partial charge is 0.397 e. The highest BCUT2D eigenvalue weighted by molar-refractivity contribution is 5.38. The Morgan fingerprint density at radius 1 is 1.70 bits per heavy atom. The van der Waals surface area contributed by atoms with Crippen LogP contribution in [0.2, 0.25) is 0 Å². The van der Waals surface area contributed by atoms with Crippen molar-refractivity contribution in [2.75, 3.05) is 5.73 Å². The molecule has 0 fully saturated rings. The summed E-state index contributed by atoms with van der Waals surface area (Å²) in [5.74, 6) is 0. The van der Waals surface area contributed by atoms with Gasteiger partial charge < -0.3 is 16.5 Å². The van der Waals surface area contributed by atoms with E-state index in [-0.39, 0.29) is 6.04 Å². The van der Waals surface area contributed by atoms with Crippen molar-refractivity contribution >= 4 is 5.69 Å². The molecule has 0 aliphatic carbocycles. The molecular formula is C7H13N3. The molecular weight excluding hydrogens is 126 g/mol. The van der Waals surface area contributed by atoms with Crippen LogP contribution < -0.4 is 11.5 Å². The fourth-order valence-electron chi connectivity index (χ4n) is 0.864. The van der Waals surface area contributed by atoms with Crippen molar-refractivity contribution < 1.29 is 0 Å². The molecule has 3 heteroatoms. The van der Waals surface area contributed by atoms with Crippen LogP contribution in [-0.4, -0.2) is 4.98 Å². The lowest BCUT2D eigenvalue weighted by Gasteiger charge is -2.03. The molecule has 0 aromatic carbocycles. The summed E-state index contributed by atoms with van der Waals surface area (Å²) in [7, 11) is 0. The highest BCUT2D eigenvalue weighted by Gasteiger charge is 2.03. The number of rotatable bonds is 2. The summed E-state index contributed by atoms with van der Waals surface area (Å²) in [6, 6.07) is 1.96. The molecule has 10 heavy (non-hydrogen) atoms. The minimum absolute atomic E-state index is 0.0947. The third-order valence-corrected chi connectivity index (χ3v) is 1.57. The van der Waals surface area contributed by atoms with E-state index in [1.807, 2.05) is 13.0 Å². The maximum absolute atomic E-state index is 5.72. The van der Waals surface area contributed by atoms with Gasteiger partial charge in [-0.15, -0.1) is 0 Å². The van der Waals surface area contributed by atoms with Gasteiger partial charge in [0.1, 0.15) is 0 Å². The Morgan fingerprint density at radius 2 is 2.40 bits per heavy atom. The average molecular weight is 139 g/mol. The number of nitrogens with one attached hydrogen (secondary N) is 1. The first-order chi connectivity index (χ1) is 4.74. The maximum atomic E-state index is 5.72. The van der Waals surface area contributed by atoms with E-state index in [0.29, 0.717) is 0 Å². The van der Waals surface area contributed by atoms with Gasteiger partial charge in [0.2, 0.25) is 0 Å². The van der Waals surface area contributed by atoms with E-state index >= 15 is 0 Å². The number of H-pyrrole nitrogens is 1. The number of aromatic nitrogens is 1. The normalized spacial score (nSPS) is 13.4. The lowest BCUT2D eigenvalue weighted by Crippen LogP contribution is -2.08. The SMILES string of the molecule is CC[C@H](N)c1cc(N)c[nH]1. The minimum Gasteiger partial charge on any atom is -0.397 e. The van der Waals surface area contributed by atoms with Gasteiger partial charge in [0.05, 0.1) is 0 Å². The van der Waals surface area contributed by atoms with E-state index in [4.69, 9.17) is 11.5 Å². The standard InChI is InChI=1S/C7H13N3/c1-2-6(9)7-3-5(8)4-10-7/h3-4,6,10H,2,8-9H2,1H3/t6-/m0/s1. The summed E-state index contributed by atoms with van der Waals surface area (Å²) < 4.78 is 0. The number of aromatic amines is 1. The third kappa shape index (κ3) is 1.30. The zero-order valence-electron chi connectivity index (χ0n) is 6.09. The Morgan fingerprint density at radius 3 is 2.80 bits per heavy atom. The molecule has 1 aromatic heterocycles. The molecule has 3 nitrogen and oxygen atoms in total. The molecule has 1 heterocycles. The quantitative estimate of drug-likeness (QED) is 0.572. The smallest absolute Gasteiger partial charge is 0.0495 e. The topological polar surface area (TPSA) is 67.8 Å². The molecule has 0 aliphatic rings. The van der Waals surface area contributed by atoms with Crippen molar-refractivity contribution in [1.82, 2.24) is 4.98 Å². The maximum Gasteiger partial charge on any atom is 0.0495 e. The van der Waals surface area contributed by atoms with Gasteiger partial charge in [0.25, 0.3) is 0 Å². The molecule has 0 unspecified atom stereocenters. The Balaban J connectivity index is 2.74. The fourth-order valence-corrected chi connectivity index (χ4v) is 0.864. The van der Waals surface area contributed by atoms with Crippen LogP contribution in [0.1, 0.15) is 25.1 Å². The van der Waals surface area contributed by atoms with E-state index in [1.54, 1.807) is 6.20 Å². The molecule has 1 atom stereocenters. The van der Waals surface area contributed by atoms with E-state index in [2.05, 4.69) is 4.98 Å². The lowest BCUT2D eigenvalue weighted by atomic mass is 10.2. The Hall–Kier alpha value is -0.960. The van der Waals surface area contributed by atoms with Gasteiger partial charge in [0.15, 0.2) is 0 Å². The zero-order chi connectivity index (χ0) is 7.56. The molecule has 0 spiro atoms. The van der Waals surface area contributed by atoms with Gasteiger partial charge in [-0.05, 0) is 12.5 Å². The highest BCUT2D eigenvalue weighted by Crippen LogP contribution is 2.13. The minimum atomic E-state index is 0.0947. The predicted octanol–water partition coefficient (Wildman–Crippen LogP) is 1.01. The van der Waals surface area contributed by atoms with Gasteiger partial charge in [-0.25, -0.2) is 0 Å². The summed E-state index contributed by atoms with van der Waals surface area (Å²) >= 11 is 0. The van der Waals surface area contributed by atoms with Gasteiger partial charge in [-0.3, -0.25) is 0 Å². The molecule has 0 saturated carbocycles. The van der Waals surface area contributed by atoms with Crippen LogP contribution in [0.25, 0.3) is 0 Å². The molecule has 0 bridgehead atoms. The van der Waals surface area contributed by atoms with Crippen molar-refractivity contribution in [2.45, 2.75) is 19.4 Å². The number of hydrogen-bond donors (Lipinski definition) is 3. The molecule has 0 aliphatic heterocycles. The van der Waals surface area contributed by atoms with Crippen LogP contribution >= 0.6 is 0 Å². The van der Waals surface area contributed by atoms with Gasteiger partial charge >= 0.3 is 0 Å². The van der Waals surface area contributed by atoms with E-state index in [0.717, 1.165) is 17.8 Å². The number of hydrogen-bond acceptors (Lipinski definition) is 2. The average Bonchev–Trinajstić information content (AvgIpc) is 2.34. The van der Waals surface area contributed by atoms with Crippen LogP contribution in [0.3, 0.4) is 0 Å². The summed E-state index contributed by atoms with van der Waals surface area (Å²) in [4.78, 5) is 3.01. The fraction of sp³-hybridized carbons (Fsp3) is 0.429. The highest BCUT2D eigenvalue weighted by atomic mass is 14.8. The second-order valence-electron chi connectivity index (χ2n) is 2.40. The molecule has 1 aromatic rings. The van der Waals surface area contributed by atoms with Crippen LogP contribution in [0.15, 0.2) is 12.3 Å². The number of nitrogen functional groups attached to an aromatic ring is 1. The molecule has 0 radical (unpaired) electrons. The summed E-state index contributed by atoms with van der Waals surface area (Å²) in [6.07, 6.45) is 2.69. The predicted molar refractivity (Wildman–Crippen MR) is 42.4 cm³/mol. The lowest BCUT2D eigenvalue weighted by molar-refractivity contribution is 0.680. The molecule has 5 N–H and O–H groups in total. The van der Waals surface area contributed by atoms with Gasteiger partial charge in [-0.1, -0.05) is 6.92 Å². The Bertz CT molecular complexity index is 204. The first-order valence-electron chi connectivity index (χ1n) is 3.43. The first-order valence-corrected chi connectivity index (χ1v) is 3.43. The van der Waals surface area contributed by atoms with Crippen LogP contribution in [0.4, 0.5) is 5.69 Å². The second-order valence-corrected chi connectivity index (χ2v) is 2.40.